The van der Waals surface area contributed by atoms with Crippen molar-refractivity contribution in [1.82, 2.24) is 19.9 Å². The van der Waals surface area contributed by atoms with Gasteiger partial charge in [0.1, 0.15) is 11.6 Å². The number of aryl methyl sites for hydroxylation is 1. The van der Waals surface area contributed by atoms with Gasteiger partial charge in [0, 0.05) is 18.9 Å². The van der Waals surface area contributed by atoms with Gasteiger partial charge < -0.3 is 14.6 Å². The van der Waals surface area contributed by atoms with Crippen LogP contribution in [0.15, 0.2) is 73.1 Å². The first kappa shape index (κ1) is 22.5. The third-order valence-corrected chi connectivity index (χ3v) is 5.64. The standard InChI is InChI=1S/C27H30N4O2/c1-20(2)22-11-3-6-14-25(22)33-17-8-7-16-31-24-13-5-4-12-23(24)30-26(31)19-29-27(32)21-10-9-15-28-18-21/h3-6,9-15,18,20H,7-8,16-17,19H2,1-2H3,(H,29,32). The molecule has 170 valence electrons. The zero-order valence-corrected chi connectivity index (χ0v) is 19.2. The average molecular weight is 443 g/mol. The van der Waals surface area contributed by atoms with Gasteiger partial charge in [-0.2, -0.15) is 0 Å². The molecular formula is C27H30N4O2. The molecule has 33 heavy (non-hydrogen) atoms. The fourth-order valence-electron chi connectivity index (χ4n) is 3.91. The first-order valence-electron chi connectivity index (χ1n) is 11.5. The highest BCUT2D eigenvalue weighted by Crippen LogP contribution is 2.26. The molecule has 0 atom stereocenters. The molecule has 0 radical (unpaired) electrons. The fourth-order valence-corrected chi connectivity index (χ4v) is 3.91. The molecule has 0 fully saturated rings. The number of carbonyl (C=O) groups excluding carboxylic acids is 1. The smallest absolute Gasteiger partial charge is 0.253 e. The van der Waals surface area contributed by atoms with Crippen LogP contribution in [0.3, 0.4) is 0 Å². The molecule has 0 aliphatic heterocycles. The Bertz CT molecular complexity index is 1200. The van der Waals surface area contributed by atoms with E-state index >= 15 is 0 Å². The first-order chi connectivity index (χ1) is 16.1. The van der Waals surface area contributed by atoms with Crippen LogP contribution in [0.5, 0.6) is 5.75 Å². The lowest BCUT2D eigenvalue weighted by Gasteiger charge is -2.14. The van der Waals surface area contributed by atoms with Crippen LogP contribution in [-0.2, 0) is 13.1 Å². The summed E-state index contributed by atoms with van der Waals surface area (Å²) in [4.78, 5) is 21.2. The second-order valence-electron chi connectivity index (χ2n) is 8.34. The normalized spacial score (nSPS) is 11.1. The molecule has 6 heteroatoms. The molecule has 0 saturated heterocycles. The molecule has 4 aromatic rings. The molecule has 0 bridgehead atoms. The molecular weight excluding hydrogens is 412 g/mol. The summed E-state index contributed by atoms with van der Waals surface area (Å²) < 4.78 is 8.27. The highest BCUT2D eigenvalue weighted by molar-refractivity contribution is 5.93. The molecule has 2 heterocycles. The number of amides is 1. The second-order valence-corrected chi connectivity index (χ2v) is 8.34. The first-order valence-corrected chi connectivity index (χ1v) is 11.5. The summed E-state index contributed by atoms with van der Waals surface area (Å²) in [5.41, 5.74) is 3.79. The van der Waals surface area contributed by atoms with Crippen LogP contribution in [0.4, 0.5) is 0 Å². The Morgan fingerprint density at radius 2 is 1.85 bits per heavy atom. The van der Waals surface area contributed by atoms with E-state index in [-0.39, 0.29) is 5.91 Å². The minimum Gasteiger partial charge on any atom is -0.493 e. The SMILES string of the molecule is CC(C)c1ccccc1OCCCCn1c(CNC(=O)c2cccnc2)nc2ccccc21. The number of ether oxygens (including phenoxy) is 1. The monoisotopic (exact) mass is 442 g/mol. The molecule has 6 nitrogen and oxygen atoms in total. The Labute approximate surface area is 194 Å². The maximum atomic E-state index is 12.4. The number of nitrogens with zero attached hydrogens (tertiary/aromatic N) is 3. The summed E-state index contributed by atoms with van der Waals surface area (Å²) in [5, 5.41) is 2.97. The predicted octanol–water partition coefficient (Wildman–Crippen LogP) is 5.34. The van der Waals surface area contributed by atoms with Gasteiger partial charge in [-0.15, -0.1) is 0 Å². The fraction of sp³-hybridized carbons (Fsp3) is 0.296. The summed E-state index contributed by atoms with van der Waals surface area (Å²) in [6.07, 6.45) is 5.10. The number of aromatic nitrogens is 3. The minimum atomic E-state index is -0.154. The maximum Gasteiger partial charge on any atom is 0.253 e. The Balaban J connectivity index is 1.37. The summed E-state index contributed by atoms with van der Waals surface area (Å²) in [7, 11) is 0. The number of unbranched alkanes of at least 4 members (excludes halogenated alkanes) is 1. The van der Waals surface area contributed by atoms with Crippen LogP contribution < -0.4 is 10.1 Å². The Morgan fingerprint density at radius 3 is 2.67 bits per heavy atom. The molecule has 0 aliphatic carbocycles. The third-order valence-electron chi connectivity index (χ3n) is 5.64. The quantitative estimate of drug-likeness (QED) is 0.337. The lowest BCUT2D eigenvalue weighted by Crippen LogP contribution is -2.25. The van der Waals surface area contributed by atoms with Crippen LogP contribution in [0, 0.1) is 0 Å². The third kappa shape index (κ3) is 5.58. The van der Waals surface area contributed by atoms with Gasteiger partial charge in [-0.1, -0.05) is 44.2 Å². The van der Waals surface area contributed by atoms with Gasteiger partial charge >= 0.3 is 0 Å². The van der Waals surface area contributed by atoms with Gasteiger partial charge in [0.15, 0.2) is 0 Å². The van der Waals surface area contributed by atoms with E-state index in [0.717, 1.165) is 42.0 Å². The van der Waals surface area contributed by atoms with Gasteiger partial charge in [-0.05, 0) is 54.7 Å². The van der Waals surface area contributed by atoms with Gasteiger partial charge in [0.05, 0.1) is 29.7 Å². The highest BCUT2D eigenvalue weighted by atomic mass is 16.5. The largest absolute Gasteiger partial charge is 0.493 e. The Hall–Kier alpha value is -3.67. The van der Waals surface area contributed by atoms with Crippen LogP contribution in [0.25, 0.3) is 11.0 Å². The van der Waals surface area contributed by atoms with E-state index in [1.807, 2.05) is 30.3 Å². The number of hydrogen-bond acceptors (Lipinski definition) is 4. The van der Waals surface area contributed by atoms with Crippen molar-refractivity contribution in [1.29, 1.82) is 0 Å². The van der Waals surface area contributed by atoms with Crippen molar-refractivity contribution < 1.29 is 9.53 Å². The summed E-state index contributed by atoms with van der Waals surface area (Å²) in [5.74, 6) is 2.10. The van der Waals surface area contributed by atoms with Gasteiger partial charge in [0.2, 0.25) is 0 Å². The Kier molecular flexibility index (Phi) is 7.35. The van der Waals surface area contributed by atoms with Crippen LogP contribution >= 0.6 is 0 Å². The molecule has 2 aromatic heterocycles. The van der Waals surface area contributed by atoms with E-state index in [0.29, 0.717) is 24.6 Å². The second kappa shape index (κ2) is 10.8. The van der Waals surface area contributed by atoms with Gasteiger partial charge in [-0.25, -0.2) is 4.98 Å². The van der Waals surface area contributed by atoms with E-state index in [1.165, 1.54) is 5.56 Å². The zero-order chi connectivity index (χ0) is 23.0. The van der Waals surface area contributed by atoms with E-state index in [2.05, 4.69) is 46.9 Å². The number of rotatable bonds is 10. The number of pyridine rings is 1. The number of fused-ring (bicyclic) bond motifs is 1. The summed E-state index contributed by atoms with van der Waals surface area (Å²) in [6, 6.07) is 19.8. The van der Waals surface area contributed by atoms with Crippen molar-refractivity contribution in [3.63, 3.8) is 0 Å². The minimum absolute atomic E-state index is 0.154. The lowest BCUT2D eigenvalue weighted by molar-refractivity contribution is 0.0949. The number of carbonyl (C=O) groups is 1. The Morgan fingerprint density at radius 1 is 1.03 bits per heavy atom. The number of nitrogens with one attached hydrogen (secondary N) is 1. The van der Waals surface area contributed by atoms with Crippen LogP contribution in [0.2, 0.25) is 0 Å². The summed E-state index contributed by atoms with van der Waals surface area (Å²) >= 11 is 0. The zero-order valence-electron chi connectivity index (χ0n) is 19.2. The molecule has 0 saturated carbocycles. The highest BCUT2D eigenvalue weighted by Gasteiger charge is 2.13. The number of benzene rings is 2. The van der Waals surface area contributed by atoms with Crippen LogP contribution in [-0.4, -0.2) is 27.0 Å². The molecule has 1 N–H and O–H groups in total. The molecule has 0 unspecified atom stereocenters. The average Bonchev–Trinajstić information content (AvgIpc) is 3.20. The van der Waals surface area contributed by atoms with E-state index in [9.17, 15) is 4.79 Å². The van der Waals surface area contributed by atoms with Crippen molar-refractivity contribution >= 4 is 16.9 Å². The molecule has 2 aromatic carbocycles. The lowest BCUT2D eigenvalue weighted by atomic mass is 10.0. The molecule has 1 amide bonds. The van der Waals surface area contributed by atoms with Crippen molar-refractivity contribution in [2.24, 2.45) is 0 Å². The maximum absolute atomic E-state index is 12.4. The molecule has 0 spiro atoms. The number of para-hydroxylation sites is 3. The predicted molar refractivity (Wildman–Crippen MR) is 130 cm³/mol. The van der Waals surface area contributed by atoms with Gasteiger partial charge in [-0.3, -0.25) is 9.78 Å². The van der Waals surface area contributed by atoms with Crippen molar-refractivity contribution in [3.8, 4) is 5.75 Å². The number of imidazole rings is 1. The number of hydrogen-bond donors (Lipinski definition) is 1. The van der Waals surface area contributed by atoms with Crippen molar-refractivity contribution in [2.75, 3.05) is 6.61 Å². The van der Waals surface area contributed by atoms with Crippen molar-refractivity contribution in [3.05, 3.63) is 90.0 Å². The van der Waals surface area contributed by atoms with E-state index < -0.39 is 0 Å². The van der Waals surface area contributed by atoms with Crippen LogP contribution in [0.1, 0.15) is 54.4 Å². The van der Waals surface area contributed by atoms with E-state index in [1.54, 1.807) is 24.5 Å². The summed E-state index contributed by atoms with van der Waals surface area (Å²) in [6.45, 7) is 6.21. The molecule has 0 aliphatic rings. The van der Waals surface area contributed by atoms with Crippen molar-refractivity contribution in [2.45, 2.75) is 45.7 Å². The van der Waals surface area contributed by atoms with Gasteiger partial charge in [0.25, 0.3) is 5.91 Å². The molecule has 4 rings (SSSR count). The van der Waals surface area contributed by atoms with E-state index in [4.69, 9.17) is 9.72 Å². The topological polar surface area (TPSA) is 69.0 Å².